The van der Waals surface area contributed by atoms with E-state index in [1.165, 1.54) is 24.8 Å². The number of hydrogen-bond donors (Lipinski definition) is 1. The van der Waals surface area contributed by atoms with Crippen LogP contribution in [-0.4, -0.2) is 41.8 Å². The van der Waals surface area contributed by atoms with Crippen molar-refractivity contribution in [2.24, 2.45) is 0 Å². The first-order chi connectivity index (χ1) is 9.58. The van der Waals surface area contributed by atoms with Crippen molar-refractivity contribution < 1.29 is 9.84 Å². The molecule has 1 aromatic rings. The summed E-state index contributed by atoms with van der Waals surface area (Å²) in [7, 11) is 0. The van der Waals surface area contributed by atoms with E-state index in [2.05, 4.69) is 31.7 Å². The highest BCUT2D eigenvalue weighted by molar-refractivity contribution is 5.38. The smallest absolute Gasteiger partial charge is 0.122 e. The van der Waals surface area contributed by atoms with Gasteiger partial charge in [-0.05, 0) is 57.4 Å². The number of nitrogens with zero attached hydrogens (tertiary/aromatic N) is 1. The highest BCUT2D eigenvalue weighted by Crippen LogP contribution is 2.21. The van der Waals surface area contributed by atoms with E-state index < -0.39 is 6.10 Å². The van der Waals surface area contributed by atoms with Crippen molar-refractivity contribution in [3.05, 3.63) is 29.3 Å². The molecule has 1 saturated heterocycles. The third-order valence-electron chi connectivity index (χ3n) is 4.37. The zero-order valence-corrected chi connectivity index (χ0v) is 12.9. The van der Waals surface area contributed by atoms with Crippen molar-refractivity contribution in [3.8, 4) is 5.75 Å². The predicted octanol–water partition coefficient (Wildman–Crippen LogP) is 2.92. The lowest BCUT2D eigenvalue weighted by Crippen LogP contribution is -2.43. The Labute approximate surface area is 122 Å². The van der Waals surface area contributed by atoms with E-state index in [1.54, 1.807) is 0 Å². The van der Waals surface area contributed by atoms with Crippen LogP contribution < -0.4 is 4.74 Å². The summed E-state index contributed by atoms with van der Waals surface area (Å²) in [6, 6.07) is 6.63. The monoisotopic (exact) mass is 277 g/mol. The number of piperidine rings is 1. The maximum Gasteiger partial charge on any atom is 0.122 e. The zero-order valence-electron chi connectivity index (χ0n) is 12.9. The summed E-state index contributed by atoms with van der Waals surface area (Å²) < 4.78 is 5.78. The van der Waals surface area contributed by atoms with Gasteiger partial charge in [0.05, 0.1) is 0 Å². The summed E-state index contributed by atoms with van der Waals surface area (Å²) in [5.74, 6) is 0.885. The number of β-amino-alcohol motifs (C(OH)–C–C–N with tert-alkyl or cyclic N) is 1. The van der Waals surface area contributed by atoms with Gasteiger partial charge >= 0.3 is 0 Å². The fraction of sp³-hybridized carbons (Fsp3) is 0.647. The maximum absolute atomic E-state index is 10.2. The molecule has 1 N–H and O–H groups in total. The first-order valence-electron chi connectivity index (χ1n) is 7.69. The second kappa shape index (κ2) is 7.09. The Kier molecular flexibility index (Phi) is 5.44. The number of rotatable bonds is 5. The van der Waals surface area contributed by atoms with Gasteiger partial charge in [0.1, 0.15) is 18.5 Å². The van der Waals surface area contributed by atoms with Crippen LogP contribution in [0.15, 0.2) is 18.2 Å². The molecule has 0 unspecified atom stereocenters. The van der Waals surface area contributed by atoms with Crippen molar-refractivity contribution in [2.75, 3.05) is 19.7 Å². The molecule has 112 valence electrons. The Morgan fingerprint density at radius 1 is 1.35 bits per heavy atom. The number of benzene rings is 1. The van der Waals surface area contributed by atoms with Crippen molar-refractivity contribution in [1.82, 2.24) is 4.90 Å². The molecule has 2 rings (SSSR count). The van der Waals surface area contributed by atoms with Crippen LogP contribution in [-0.2, 0) is 0 Å². The number of aliphatic hydroxyl groups is 1. The first kappa shape index (κ1) is 15.3. The molecule has 1 fully saturated rings. The molecule has 0 radical (unpaired) electrons. The molecule has 0 aliphatic carbocycles. The molecular formula is C17H27NO2. The van der Waals surface area contributed by atoms with Crippen LogP contribution in [0.3, 0.4) is 0 Å². The van der Waals surface area contributed by atoms with Gasteiger partial charge in [-0.15, -0.1) is 0 Å². The molecule has 1 aliphatic heterocycles. The Bertz CT molecular complexity index is 433. The second-order valence-corrected chi connectivity index (χ2v) is 6.00. The van der Waals surface area contributed by atoms with Crippen LogP contribution in [0.2, 0.25) is 0 Å². The highest BCUT2D eigenvalue weighted by atomic mass is 16.5. The van der Waals surface area contributed by atoms with Gasteiger partial charge in [-0.25, -0.2) is 0 Å². The van der Waals surface area contributed by atoms with Crippen molar-refractivity contribution in [1.29, 1.82) is 0 Å². The fourth-order valence-corrected chi connectivity index (χ4v) is 2.82. The molecule has 3 heteroatoms. The molecule has 2 atom stereocenters. The minimum atomic E-state index is -0.421. The summed E-state index contributed by atoms with van der Waals surface area (Å²) in [6.45, 7) is 8.57. The third kappa shape index (κ3) is 3.97. The van der Waals surface area contributed by atoms with Gasteiger partial charge in [0.2, 0.25) is 0 Å². The van der Waals surface area contributed by atoms with E-state index in [1.807, 2.05) is 12.1 Å². The SMILES string of the molecule is Cc1cccc(OC[C@H](O)CN2CCCC[C@H]2C)c1C. The van der Waals surface area contributed by atoms with E-state index in [4.69, 9.17) is 4.74 Å². The lowest BCUT2D eigenvalue weighted by Gasteiger charge is -2.34. The topological polar surface area (TPSA) is 32.7 Å². The van der Waals surface area contributed by atoms with Crippen molar-refractivity contribution in [3.63, 3.8) is 0 Å². The van der Waals surface area contributed by atoms with Crippen LogP contribution >= 0.6 is 0 Å². The molecule has 0 bridgehead atoms. The Morgan fingerprint density at radius 2 is 2.15 bits per heavy atom. The van der Waals surface area contributed by atoms with Gasteiger partial charge in [0.15, 0.2) is 0 Å². The number of aliphatic hydroxyl groups excluding tert-OH is 1. The summed E-state index contributed by atoms with van der Waals surface area (Å²) in [5, 5.41) is 10.2. The molecule has 20 heavy (non-hydrogen) atoms. The van der Waals surface area contributed by atoms with Crippen LogP contribution in [0.1, 0.15) is 37.3 Å². The van der Waals surface area contributed by atoms with E-state index >= 15 is 0 Å². The van der Waals surface area contributed by atoms with Crippen molar-refractivity contribution >= 4 is 0 Å². The van der Waals surface area contributed by atoms with E-state index in [-0.39, 0.29) is 0 Å². The number of aryl methyl sites for hydroxylation is 1. The first-order valence-corrected chi connectivity index (χ1v) is 7.69. The highest BCUT2D eigenvalue weighted by Gasteiger charge is 2.21. The van der Waals surface area contributed by atoms with E-state index in [0.717, 1.165) is 17.9 Å². The maximum atomic E-state index is 10.2. The van der Waals surface area contributed by atoms with Gasteiger partial charge < -0.3 is 9.84 Å². The molecule has 0 amide bonds. The lowest BCUT2D eigenvalue weighted by atomic mass is 10.0. The van der Waals surface area contributed by atoms with Crippen LogP contribution in [0, 0.1) is 13.8 Å². The third-order valence-corrected chi connectivity index (χ3v) is 4.37. The normalized spacial score (nSPS) is 21.7. The van der Waals surface area contributed by atoms with Gasteiger partial charge in [0, 0.05) is 12.6 Å². The Balaban J connectivity index is 1.82. The minimum Gasteiger partial charge on any atom is -0.491 e. The van der Waals surface area contributed by atoms with Crippen LogP contribution in [0.4, 0.5) is 0 Å². The second-order valence-electron chi connectivity index (χ2n) is 6.00. The lowest BCUT2D eigenvalue weighted by molar-refractivity contribution is 0.0436. The average molecular weight is 277 g/mol. The zero-order chi connectivity index (χ0) is 14.5. The molecule has 0 aromatic heterocycles. The van der Waals surface area contributed by atoms with Gasteiger partial charge in [-0.1, -0.05) is 18.6 Å². The molecule has 1 aliphatic rings. The average Bonchev–Trinajstić information content (AvgIpc) is 2.43. The van der Waals surface area contributed by atoms with Crippen LogP contribution in [0.25, 0.3) is 0 Å². The summed E-state index contributed by atoms with van der Waals surface area (Å²) in [5.41, 5.74) is 2.38. The van der Waals surface area contributed by atoms with Crippen LogP contribution in [0.5, 0.6) is 5.75 Å². The predicted molar refractivity (Wildman–Crippen MR) is 82.3 cm³/mol. The largest absolute Gasteiger partial charge is 0.491 e. The van der Waals surface area contributed by atoms with Gasteiger partial charge in [0.25, 0.3) is 0 Å². The summed E-state index contributed by atoms with van der Waals surface area (Å²) in [6.07, 6.45) is 3.38. The Hall–Kier alpha value is -1.06. The quantitative estimate of drug-likeness (QED) is 0.898. The summed E-state index contributed by atoms with van der Waals surface area (Å²) in [4.78, 5) is 2.38. The van der Waals surface area contributed by atoms with E-state index in [9.17, 15) is 5.11 Å². The summed E-state index contributed by atoms with van der Waals surface area (Å²) >= 11 is 0. The van der Waals surface area contributed by atoms with E-state index in [0.29, 0.717) is 19.2 Å². The molecule has 0 saturated carbocycles. The van der Waals surface area contributed by atoms with Gasteiger partial charge in [-0.3, -0.25) is 4.90 Å². The van der Waals surface area contributed by atoms with Gasteiger partial charge in [-0.2, -0.15) is 0 Å². The molecule has 3 nitrogen and oxygen atoms in total. The minimum absolute atomic E-state index is 0.369. The molecular weight excluding hydrogens is 250 g/mol. The standard InChI is InChI=1S/C17H27NO2/c1-13-7-6-9-17(15(13)3)20-12-16(19)11-18-10-5-4-8-14(18)2/h6-7,9,14,16,19H,4-5,8,10-12H2,1-3H3/t14-,16-/m1/s1. The molecule has 0 spiro atoms. The number of hydrogen-bond acceptors (Lipinski definition) is 3. The number of likely N-dealkylation sites (tertiary alicyclic amines) is 1. The molecule has 1 aromatic carbocycles. The Morgan fingerprint density at radius 3 is 2.90 bits per heavy atom. The molecule has 1 heterocycles. The van der Waals surface area contributed by atoms with Crippen molar-refractivity contribution in [2.45, 2.75) is 52.2 Å². The number of ether oxygens (including phenoxy) is 1. The fourth-order valence-electron chi connectivity index (χ4n) is 2.82.